The number of non-ortho nitro benzene ring substituents is 1. The van der Waals surface area contributed by atoms with Crippen molar-refractivity contribution in [1.29, 1.82) is 0 Å². The molecule has 0 N–H and O–H groups in total. The van der Waals surface area contributed by atoms with Crippen LogP contribution in [-0.2, 0) is 10.0 Å². The Kier molecular flexibility index (Phi) is 5.16. The van der Waals surface area contributed by atoms with E-state index in [9.17, 15) is 18.5 Å². The summed E-state index contributed by atoms with van der Waals surface area (Å²) in [4.78, 5) is 10.4. The van der Waals surface area contributed by atoms with E-state index in [-0.39, 0.29) is 15.8 Å². The molecule has 0 saturated carbocycles. The Morgan fingerprint density at radius 3 is 2.80 bits per heavy atom. The van der Waals surface area contributed by atoms with E-state index in [2.05, 4.69) is 0 Å². The zero-order valence-electron chi connectivity index (χ0n) is 13.6. The molecule has 1 saturated heterocycles. The van der Waals surface area contributed by atoms with Crippen LogP contribution in [0.25, 0.3) is 0 Å². The summed E-state index contributed by atoms with van der Waals surface area (Å²) in [5, 5.41) is 11.1. The molecule has 1 aromatic heterocycles. The lowest BCUT2D eigenvalue weighted by Gasteiger charge is -2.20. The molecule has 1 fully saturated rings. The lowest BCUT2D eigenvalue weighted by atomic mass is 10.2. The van der Waals surface area contributed by atoms with Gasteiger partial charge in [-0.3, -0.25) is 10.1 Å². The Labute approximate surface area is 150 Å². The quantitative estimate of drug-likeness (QED) is 0.594. The van der Waals surface area contributed by atoms with Crippen molar-refractivity contribution in [2.45, 2.75) is 23.5 Å². The van der Waals surface area contributed by atoms with Crippen molar-refractivity contribution in [3.8, 4) is 0 Å². The van der Waals surface area contributed by atoms with Crippen LogP contribution >= 0.6 is 11.8 Å². The average Bonchev–Trinajstić information content (AvgIpc) is 2.98. The van der Waals surface area contributed by atoms with Crippen molar-refractivity contribution >= 4 is 27.5 Å². The molecule has 3 rings (SSSR count). The highest BCUT2D eigenvalue weighted by Gasteiger charge is 2.31. The van der Waals surface area contributed by atoms with Crippen LogP contribution in [0.2, 0.25) is 0 Å². The van der Waals surface area contributed by atoms with Crippen molar-refractivity contribution in [3.05, 3.63) is 58.0 Å². The molecule has 9 heteroatoms. The van der Waals surface area contributed by atoms with Gasteiger partial charge in [0.1, 0.15) is 5.76 Å². The van der Waals surface area contributed by atoms with E-state index in [4.69, 9.17) is 4.42 Å². The van der Waals surface area contributed by atoms with Crippen molar-refractivity contribution in [2.24, 2.45) is 0 Å². The molecule has 1 aliphatic heterocycles. The van der Waals surface area contributed by atoms with Crippen molar-refractivity contribution in [2.75, 3.05) is 18.8 Å². The summed E-state index contributed by atoms with van der Waals surface area (Å²) in [6.07, 6.45) is 2.24. The first-order valence-electron chi connectivity index (χ1n) is 7.80. The average molecular weight is 382 g/mol. The van der Waals surface area contributed by atoms with Gasteiger partial charge in [0.2, 0.25) is 10.0 Å². The topological polar surface area (TPSA) is 93.7 Å². The molecule has 1 atom stereocenters. The zero-order valence-corrected chi connectivity index (χ0v) is 15.3. The second kappa shape index (κ2) is 7.19. The van der Waals surface area contributed by atoms with Gasteiger partial charge in [-0.25, -0.2) is 8.42 Å². The second-order valence-corrected chi connectivity index (χ2v) is 8.99. The first-order valence-corrected chi connectivity index (χ1v) is 10.3. The van der Waals surface area contributed by atoms with Gasteiger partial charge in [0, 0.05) is 31.0 Å². The Balaban J connectivity index is 1.85. The molecular formula is C16H18N2O5S2. The van der Waals surface area contributed by atoms with E-state index >= 15 is 0 Å². The SMILES string of the molecule is Cc1ccc([N+](=O)[O-])cc1S(=O)(=O)N1CCSC(c2ccco2)CC1. The minimum atomic E-state index is -3.78. The summed E-state index contributed by atoms with van der Waals surface area (Å²) in [7, 11) is -3.78. The lowest BCUT2D eigenvalue weighted by molar-refractivity contribution is -0.385. The molecular weight excluding hydrogens is 364 g/mol. The lowest BCUT2D eigenvalue weighted by Crippen LogP contribution is -2.33. The number of rotatable bonds is 4. The number of benzene rings is 1. The number of thioether (sulfide) groups is 1. The number of hydrogen-bond acceptors (Lipinski definition) is 6. The predicted molar refractivity (Wildman–Crippen MR) is 95.1 cm³/mol. The summed E-state index contributed by atoms with van der Waals surface area (Å²) in [6.45, 7) is 2.37. The molecule has 0 amide bonds. The number of hydrogen-bond donors (Lipinski definition) is 0. The van der Waals surface area contributed by atoms with E-state index in [1.165, 1.54) is 16.4 Å². The highest BCUT2D eigenvalue weighted by Crippen LogP contribution is 2.36. The van der Waals surface area contributed by atoms with Gasteiger partial charge >= 0.3 is 0 Å². The number of aryl methyl sites for hydroxylation is 1. The van der Waals surface area contributed by atoms with Crippen molar-refractivity contribution in [3.63, 3.8) is 0 Å². The summed E-state index contributed by atoms with van der Waals surface area (Å²) < 4.78 is 32.8. The number of nitro groups is 1. The van der Waals surface area contributed by atoms with E-state index in [0.717, 1.165) is 11.8 Å². The van der Waals surface area contributed by atoms with Gasteiger partial charge in [-0.1, -0.05) is 6.07 Å². The number of sulfonamides is 1. The Morgan fingerprint density at radius 1 is 1.32 bits per heavy atom. The van der Waals surface area contributed by atoms with Gasteiger partial charge in [-0.15, -0.1) is 11.8 Å². The summed E-state index contributed by atoms with van der Waals surface area (Å²) >= 11 is 1.66. The van der Waals surface area contributed by atoms with Gasteiger partial charge in [-0.2, -0.15) is 4.31 Å². The first kappa shape index (κ1) is 18.0. The Morgan fingerprint density at radius 2 is 2.12 bits per heavy atom. The van der Waals surface area contributed by atoms with Gasteiger partial charge in [0.15, 0.2) is 0 Å². The minimum absolute atomic E-state index is 0.00292. The third kappa shape index (κ3) is 3.73. The maximum atomic E-state index is 13.0. The van der Waals surface area contributed by atoms with E-state index in [0.29, 0.717) is 30.8 Å². The molecule has 1 aliphatic rings. The molecule has 0 bridgehead atoms. The highest BCUT2D eigenvalue weighted by atomic mass is 32.2. The van der Waals surface area contributed by atoms with Crippen molar-refractivity contribution in [1.82, 2.24) is 4.31 Å². The molecule has 0 radical (unpaired) electrons. The van der Waals surface area contributed by atoms with Crippen LogP contribution < -0.4 is 0 Å². The summed E-state index contributed by atoms with van der Waals surface area (Å²) in [5.74, 6) is 1.48. The first-order chi connectivity index (χ1) is 11.9. The van der Waals surface area contributed by atoms with Crippen LogP contribution in [0.5, 0.6) is 0 Å². The predicted octanol–water partition coefficient (Wildman–Crippen LogP) is 3.37. The summed E-state index contributed by atoms with van der Waals surface area (Å²) in [6, 6.07) is 7.66. The number of nitro benzene ring substituents is 1. The van der Waals surface area contributed by atoms with Gasteiger partial charge in [0.05, 0.1) is 21.3 Å². The second-order valence-electron chi connectivity index (χ2n) is 5.77. The fraction of sp³-hybridized carbons (Fsp3) is 0.375. The standard InChI is InChI=1S/C16H18N2O5S2/c1-12-4-5-13(18(19)20)11-16(12)25(21,22)17-7-6-15(24-10-8-17)14-3-2-9-23-14/h2-5,9,11,15H,6-8,10H2,1H3. The molecule has 1 unspecified atom stereocenters. The molecule has 1 aromatic carbocycles. The molecule has 0 spiro atoms. The number of furan rings is 1. The van der Waals surface area contributed by atoms with Gasteiger partial charge in [-0.05, 0) is 31.0 Å². The van der Waals surface area contributed by atoms with Gasteiger partial charge < -0.3 is 4.42 Å². The zero-order chi connectivity index (χ0) is 18.0. The van der Waals surface area contributed by atoms with E-state index < -0.39 is 14.9 Å². The molecule has 134 valence electrons. The van der Waals surface area contributed by atoms with Crippen LogP contribution in [0.4, 0.5) is 5.69 Å². The molecule has 7 nitrogen and oxygen atoms in total. The molecule has 25 heavy (non-hydrogen) atoms. The third-order valence-corrected chi connectivity index (χ3v) is 7.49. The van der Waals surface area contributed by atoms with Crippen LogP contribution in [0.1, 0.15) is 23.0 Å². The molecule has 2 heterocycles. The van der Waals surface area contributed by atoms with Crippen LogP contribution in [0.15, 0.2) is 45.9 Å². The van der Waals surface area contributed by atoms with Crippen molar-refractivity contribution < 1.29 is 17.8 Å². The number of nitrogens with zero attached hydrogens (tertiary/aromatic N) is 2. The fourth-order valence-electron chi connectivity index (χ4n) is 2.81. The third-order valence-electron chi connectivity index (χ3n) is 4.16. The van der Waals surface area contributed by atoms with E-state index in [1.54, 1.807) is 24.9 Å². The van der Waals surface area contributed by atoms with Crippen LogP contribution in [-0.4, -0.2) is 36.5 Å². The molecule has 0 aliphatic carbocycles. The Bertz CT molecular complexity index is 865. The monoisotopic (exact) mass is 382 g/mol. The minimum Gasteiger partial charge on any atom is -0.468 e. The van der Waals surface area contributed by atoms with Crippen LogP contribution in [0, 0.1) is 17.0 Å². The van der Waals surface area contributed by atoms with E-state index in [1.807, 2.05) is 12.1 Å². The van der Waals surface area contributed by atoms with Gasteiger partial charge in [0.25, 0.3) is 5.69 Å². The largest absolute Gasteiger partial charge is 0.468 e. The normalized spacial score (nSPS) is 19.5. The fourth-order valence-corrected chi connectivity index (χ4v) is 5.81. The maximum Gasteiger partial charge on any atom is 0.270 e. The summed E-state index contributed by atoms with van der Waals surface area (Å²) in [5.41, 5.74) is 0.284. The molecule has 2 aromatic rings. The maximum absolute atomic E-state index is 13.0. The smallest absolute Gasteiger partial charge is 0.270 e. The Hall–Kier alpha value is -1.84. The van der Waals surface area contributed by atoms with Crippen LogP contribution in [0.3, 0.4) is 0 Å². The highest BCUT2D eigenvalue weighted by molar-refractivity contribution is 7.99.